The van der Waals surface area contributed by atoms with Crippen LogP contribution in [0.15, 0.2) is 53.4 Å². The molecule has 0 aliphatic heterocycles. The second kappa shape index (κ2) is 10.1. The lowest BCUT2D eigenvalue weighted by molar-refractivity contribution is -0.122. The fraction of sp³-hybridized carbons (Fsp3) is 0.435. The zero-order valence-electron chi connectivity index (χ0n) is 17.9. The van der Waals surface area contributed by atoms with E-state index in [2.05, 4.69) is 10.0 Å². The first-order valence-corrected chi connectivity index (χ1v) is 12.3. The first kappa shape index (κ1) is 23.7. The minimum Gasteiger partial charge on any atom is -0.383 e. The van der Waals surface area contributed by atoms with E-state index in [0.717, 1.165) is 37.7 Å². The predicted octanol–water partition coefficient (Wildman–Crippen LogP) is 4.49. The Morgan fingerprint density at radius 3 is 2.42 bits per heavy atom. The SMILES string of the molecule is COCC(C)NS(=O)(=O)c1ccc(NC(=O)C2(c3cccc(Cl)c3)CCCCC2)cc1. The van der Waals surface area contributed by atoms with E-state index in [1.54, 1.807) is 25.1 Å². The van der Waals surface area contributed by atoms with Crippen molar-refractivity contribution in [3.63, 3.8) is 0 Å². The van der Waals surface area contributed by atoms with Crippen molar-refractivity contribution in [3.05, 3.63) is 59.1 Å². The number of hydrogen-bond donors (Lipinski definition) is 2. The van der Waals surface area contributed by atoms with Crippen LogP contribution in [0.2, 0.25) is 5.02 Å². The molecule has 0 heterocycles. The quantitative estimate of drug-likeness (QED) is 0.602. The molecule has 0 aromatic heterocycles. The van der Waals surface area contributed by atoms with Crippen LogP contribution in [0.1, 0.15) is 44.6 Å². The van der Waals surface area contributed by atoms with Crippen molar-refractivity contribution in [2.75, 3.05) is 19.0 Å². The number of sulfonamides is 1. The minimum atomic E-state index is -3.66. The van der Waals surface area contributed by atoms with Crippen LogP contribution in [0, 0.1) is 0 Å². The highest BCUT2D eigenvalue weighted by atomic mass is 35.5. The molecule has 1 aliphatic rings. The van der Waals surface area contributed by atoms with Gasteiger partial charge in [0.05, 0.1) is 16.9 Å². The average Bonchev–Trinajstić information content (AvgIpc) is 2.74. The number of carbonyl (C=O) groups is 1. The summed E-state index contributed by atoms with van der Waals surface area (Å²) in [5.74, 6) is -0.0862. The number of ether oxygens (including phenoxy) is 1. The Kier molecular flexibility index (Phi) is 7.75. The van der Waals surface area contributed by atoms with E-state index in [1.165, 1.54) is 19.2 Å². The zero-order chi connectivity index (χ0) is 22.5. The number of anilines is 1. The van der Waals surface area contributed by atoms with E-state index < -0.39 is 15.4 Å². The highest BCUT2D eigenvalue weighted by molar-refractivity contribution is 7.89. The standard InChI is InChI=1S/C23H29ClN2O4S/c1-17(16-30-2)26-31(28,29)21-11-9-20(10-12-21)25-22(27)23(13-4-3-5-14-23)18-7-6-8-19(24)15-18/h6-12,15,17,26H,3-5,13-14,16H2,1-2H3,(H,25,27). The minimum absolute atomic E-state index is 0.0862. The topological polar surface area (TPSA) is 84.5 Å². The summed E-state index contributed by atoms with van der Waals surface area (Å²) in [5.41, 5.74) is 0.846. The summed E-state index contributed by atoms with van der Waals surface area (Å²) in [7, 11) is -2.15. The Morgan fingerprint density at radius 1 is 1.13 bits per heavy atom. The smallest absolute Gasteiger partial charge is 0.240 e. The van der Waals surface area contributed by atoms with Crippen molar-refractivity contribution >= 4 is 33.2 Å². The van der Waals surface area contributed by atoms with Gasteiger partial charge in [0.1, 0.15) is 0 Å². The summed E-state index contributed by atoms with van der Waals surface area (Å²) >= 11 is 6.20. The summed E-state index contributed by atoms with van der Waals surface area (Å²) in [6.07, 6.45) is 4.57. The van der Waals surface area contributed by atoms with Crippen LogP contribution >= 0.6 is 11.6 Å². The highest BCUT2D eigenvalue weighted by Crippen LogP contribution is 2.41. The molecule has 1 saturated carbocycles. The molecule has 2 aromatic rings. The molecule has 1 fully saturated rings. The van der Waals surface area contributed by atoms with Crippen LogP contribution < -0.4 is 10.0 Å². The van der Waals surface area contributed by atoms with Crippen molar-refractivity contribution in [2.45, 2.75) is 55.4 Å². The number of halogens is 1. The molecule has 168 valence electrons. The lowest BCUT2D eigenvalue weighted by Gasteiger charge is -2.36. The van der Waals surface area contributed by atoms with E-state index in [-0.39, 0.29) is 23.5 Å². The summed E-state index contributed by atoms with van der Waals surface area (Å²) in [6, 6.07) is 13.4. The van der Waals surface area contributed by atoms with Gasteiger partial charge < -0.3 is 10.1 Å². The van der Waals surface area contributed by atoms with Crippen molar-refractivity contribution in [1.82, 2.24) is 4.72 Å². The van der Waals surface area contributed by atoms with Crippen LogP contribution in [0.25, 0.3) is 0 Å². The molecule has 0 spiro atoms. The summed E-state index contributed by atoms with van der Waals surface area (Å²) in [5, 5.41) is 3.60. The van der Waals surface area contributed by atoms with Crippen LogP contribution in [-0.2, 0) is 25.0 Å². The molecular formula is C23H29ClN2O4S. The van der Waals surface area contributed by atoms with E-state index in [0.29, 0.717) is 10.7 Å². The van der Waals surface area contributed by atoms with Crippen LogP contribution in [-0.4, -0.2) is 34.1 Å². The predicted molar refractivity (Wildman–Crippen MR) is 123 cm³/mol. The maximum Gasteiger partial charge on any atom is 0.240 e. The Hall–Kier alpha value is -1.93. The molecule has 31 heavy (non-hydrogen) atoms. The molecule has 0 radical (unpaired) electrons. The first-order valence-electron chi connectivity index (χ1n) is 10.5. The third-order valence-electron chi connectivity index (χ3n) is 5.71. The van der Waals surface area contributed by atoms with Gasteiger partial charge in [0.15, 0.2) is 0 Å². The Bertz CT molecular complexity index is 1000. The third-order valence-corrected chi connectivity index (χ3v) is 7.55. The van der Waals surface area contributed by atoms with E-state index in [1.807, 2.05) is 18.2 Å². The van der Waals surface area contributed by atoms with Crippen molar-refractivity contribution in [1.29, 1.82) is 0 Å². The molecule has 0 bridgehead atoms. The lowest BCUT2D eigenvalue weighted by Crippen LogP contribution is -2.42. The van der Waals surface area contributed by atoms with Gasteiger partial charge in [-0.15, -0.1) is 0 Å². The summed E-state index contributed by atoms with van der Waals surface area (Å²) in [4.78, 5) is 13.5. The van der Waals surface area contributed by atoms with Gasteiger partial charge >= 0.3 is 0 Å². The van der Waals surface area contributed by atoms with Gasteiger partial charge in [-0.05, 0) is 61.7 Å². The second-order valence-electron chi connectivity index (χ2n) is 8.11. The van der Waals surface area contributed by atoms with Gasteiger partial charge in [-0.2, -0.15) is 0 Å². The molecule has 8 heteroatoms. The molecule has 1 aliphatic carbocycles. The Balaban J connectivity index is 1.79. The maximum absolute atomic E-state index is 13.4. The molecule has 0 saturated heterocycles. The molecule has 1 atom stereocenters. The average molecular weight is 465 g/mol. The molecule has 1 amide bonds. The first-order chi connectivity index (χ1) is 14.8. The van der Waals surface area contributed by atoms with Gasteiger partial charge in [-0.25, -0.2) is 13.1 Å². The maximum atomic E-state index is 13.4. The number of amides is 1. The zero-order valence-corrected chi connectivity index (χ0v) is 19.4. The lowest BCUT2D eigenvalue weighted by atomic mass is 9.68. The number of rotatable bonds is 8. The fourth-order valence-corrected chi connectivity index (χ4v) is 5.59. The summed E-state index contributed by atoms with van der Waals surface area (Å²) < 4.78 is 32.5. The second-order valence-corrected chi connectivity index (χ2v) is 10.3. The monoisotopic (exact) mass is 464 g/mol. The van der Waals surface area contributed by atoms with Crippen molar-refractivity contribution in [3.8, 4) is 0 Å². The normalized spacial score (nSPS) is 17.1. The summed E-state index contributed by atoms with van der Waals surface area (Å²) in [6.45, 7) is 2.01. The van der Waals surface area contributed by atoms with Gasteiger partial charge in [0.2, 0.25) is 15.9 Å². The number of benzene rings is 2. The number of methoxy groups -OCH3 is 1. The van der Waals surface area contributed by atoms with E-state index in [4.69, 9.17) is 16.3 Å². The highest BCUT2D eigenvalue weighted by Gasteiger charge is 2.41. The molecule has 2 aromatic carbocycles. The number of hydrogen-bond acceptors (Lipinski definition) is 4. The number of carbonyl (C=O) groups excluding carboxylic acids is 1. The van der Waals surface area contributed by atoms with E-state index >= 15 is 0 Å². The van der Waals surface area contributed by atoms with Gasteiger partial charge in [0, 0.05) is 23.9 Å². The molecule has 1 unspecified atom stereocenters. The third kappa shape index (κ3) is 5.66. The van der Waals surface area contributed by atoms with Crippen molar-refractivity contribution in [2.24, 2.45) is 0 Å². The number of nitrogens with one attached hydrogen (secondary N) is 2. The van der Waals surface area contributed by atoms with Gasteiger partial charge in [0.25, 0.3) is 0 Å². The van der Waals surface area contributed by atoms with Gasteiger partial charge in [-0.1, -0.05) is 43.0 Å². The Morgan fingerprint density at radius 2 is 1.81 bits per heavy atom. The van der Waals surface area contributed by atoms with Crippen LogP contribution in [0.4, 0.5) is 5.69 Å². The molecule has 2 N–H and O–H groups in total. The Labute approximate surface area is 189 Å². The largest absolute Gasteiger partial charge is 0.383 e. The fourth-order valence-electron chi connectivity index (χ4n) is 4.17. The molecular weight excluding hydrogens is 436 g/mol. The van der Waals surface area contributed by atoms with Crippen molar-refractivity contribution < 1.29 is 17.9 Å². The molecule has 3 rings (SSSR count). The van der Waals surface area contributed by atoms with Gasteiger partial charge in [-0.3, -0.25) is 4.79 Å². The molecule has 6 nitrogen and oxygen atoms in total. The van der Waals surface area contributed by atoms with Crippen LogP contribution in [0.5, 0.6) is 0 Å². The van der Waals surface area contributed by atoms with E-state index in [9.17, 15) is 13.2 Å². The van der Waals surface area contributed by atoms with Crippen LogP contribution in [0.3, 0.4) is 0 Å².